The van der Waals surface area contributed by atoms with Gasteiger partial charge in [0.2, 0.25) is 15.9 Å². The normalized spacial score (nSPS) is 11.6. The topological polar surface area (TPSA) is 84.9 Å². The third-order valence-corrected chi connectivity index (χ3v) is 4.98. The Morgan fingerprint density at radius 3 is 2.32 bits per heavy atom. The lowest BCUT2D eigenvalue weighted by Crippen LogP contribution is -2.34. The van der Waals surface area contributed by atoms with E-state index < -0.39 is 10.0 Å². The van der Waals surface area contributed by atoms with Crippen LogP contribution in [0.15, 0.2) is 18.2 Å². The number of rotatable bonds is 10. The minimum absolute atomic E-state index is 0.0828. The van der Waals surface area contributed by atoms with Crippen molar-refractivity contribution in [2.24, 2.45) is 5.92 Å². The van der Waals surface area contributed by atoms with E-state index in [1.165, 1.54) is 24.8 Å². The largest absolute Gasteiger partial charge is 0.493 e. The van der Waals surface area contributed by atoms with Gasteiger partial charge in [0.25, 0.3) is 0 Å². The number of nitrogens with one attached hydrogen (secondary N) is 1. The van der Waals surface area contributed by atoms with Crippen LogP contribution in [0.3, 0.4) is 0 Å². The quantitative estimate of drug-likeness (QED) is 0.681. The smallest absolute Gasteiger partial charge is 0.225 e. The van der Waals surface area contributed by atoms with Gasteiger partial charge in [-0.3, -0.25) is 4.79 Å². The molecule has 0 radical (unpaired) electrons. The van der Waals surface area contributed by atoms with E-state index in [4.69, 9.17) is 9.47 Å². The van der Waals surface area contributed by atoms with E-state index in [-0.39, 0.29) is 18.9 Å². The highest BCUT2D eigenvalue weighted by atomic mass is 32.2. The zero-order chi connectivity index (χ0) is 19.0. The molecule has 0 saturated heterocycles. The lowest BCUT2D eigenvalue weighted by molar-refractivity contribution is -0.116. The van der Waals surface area contributed by atoms with Gasteiger partial charge in [-0.05, 0) is 24.5 Å². The Morgan fingerprint density at radius 2 is 1.80 bits per heavy atom. The second kappa shape index (κ2) is 9.62. The van der Waals surface area contributed by atoms with E-state index in [1.54, 1.807) is 18.2 Å². The lowest BCUT2D eigenvalue weighted by Gasteiger charge is -2.20. The molecular weight excluding hydrogens is 344 g/mol. The Balaban J connectivity index is 2.66. The van der Waals surface area contributed by atoms with Crippen molar-refractivity contribution in [3.8, 4) is 11.5 Å². The van der Waals surface area contributed by atoms with Crippen LogP contribution in [0, 0.1) is 5.92 Å². The zero-order valence-corrected chi connectivity index (χ0v) is 16.4. The summed E-state index contributed by atoms with van der Waals surface area (Å²) in [5, 5.41) is 2.74. The number of hydrogen-bond donors (Lipinski definition) is 1. The molecule has 0 aliphatic heterocycles. The van der Waals surface area contributed by atoms with E-state index in [1.807, 2.05) is 13.8 Å². The summed E-state index contributed by atoms with van der Waals surface area (Å²) in [6.07, 6.45) is 2.00. The van der Waals surface area contributed by atoms with Crippen molar-refractivity contribution in [1.29, 1.82) is 0 Å². The maximum Gasteiger partial charge on any atom is 0.225 e. The Kier molecular flexibility index (Phi) is 8.18. The number of anilines is 1. The average molecular weight is 372 g/mol. The summed E-state index contributed by atoms with van der Waals surface area (Å²) in [5.41, 5.74) is 0.565. The first kappa shape index (κ1) is 21.2. The van der Waals surface area contributed by atoms with Crippen LogP contribution < -0.4 is 14.8 Å². The molecule has 8 heteroatoms. The maximum absolute atomic E-state index is 12.1. The van der Waals surface area contributed by atoms with Crippen molar-refractivity contribution < 1.29 is 22.7 Å². The van der Waals surface area contributed by atoms with Crippen molar-refractivity contribution in [1.82, 2.24) is 4.31 Å². The third-order valence-electron chi connectivity index (χ3n) is 3.68. The van der Waals surface area contributed by atoms with Gasteiger partial charge in [-0.25, -0.2) is 12.7 Å². The van der Waals surface area contributed by atoms with E-state index >= 15 is 0 Å². The molecule has 0 atom stereocenters. The molecule has 1 aromatic carbocycles. The highest BCUT2D eigenvalue weighted by Crippen LogP contribution is 2.29. The fourth-order valence-corrected chi connectivity index (χ4v) is 3.07. The van der Waals surface area contributed by atoms with E-state index in [0.717, 1.165) is 6.42 Å². The van der Waals surface area contributed by atoms with E-state index in [9.17, 15) is 13.2 Å². The minimum atomic E-state index is -3.33. The minimum Gasteiger partial charge on any atom is -0.493 e. The molecule has 1 N–H and O–H groups in total. The fraction of sp³-hybridized carbons (Fsp3) is 0.588. The molecule has 0 unspecified atom stereocenters. The molecule has 142 valence electrons. The molecule has 0 aliphatic carbocycles. The SMILES string of the molecule is COc1ccc(NC(=O)CCN(CCC(C)C)S(C)(=O)=O)cc1OC. The van der Waals surface area contributed by atoms with Crippen LogP contribution in [0.5, 0.6) is 11.5 Å². The molecular formula is C17H28N2O5S. The number of methoxy groups -OCH3 is 2. The second-order valence-electron chi connectivity index (χ2n) is 6.21. The molecule has 1 amide bonds. The van der Waals surface area contributed by atoms with E-state index in [0.29, 0.717) is 29.6 Å². The fourth-order valence-electron chi connectivity index (χ4n) is 2.21. The second-order valence-corrected chi connectivity index (χ2v) is 8.19. The summed E-state index contributed by atoms with van der Waals surface area (Å²) >= 11 is 0. The summed E-state index contributed by atoms with van der Waals surface area (Å²) in [4.78, 5) is 12.1. The number of benzene rings is 1. The summed E-state index contributed by atoms with van der Waals surface area (Å²) in [6, 6.07) is 5.05. The first-order chi connectivity index (χ1) is 11.7. The standard InChI is InChI=1S/C17H28N2O5S/c1-13(2)8-10-19(25(5,21)22)11-9-17(20)18-14-6-7-15(23-3)16(12-14)24-4/h6-7,12-13H,8-11H2,1-5H3,(H,18,20). The summed E-state index contributed by atoms with van der Waals surface area (Å²) in [7, 11) is -0.281. The first-order valence-corrected chi connectivity index (χ1v) is 9.99. The molecule has 1 rings (SSSR count). The molecule has 0 spiro atoms. The number of nitrogens with zero attached hydrogens (tertiary/aromatic N) is 1. The number of carbonyl (C=O) groups excluding carboxylic acids is 1. The van der Waals surface area contributed by atoms with Gasteiger partial charge in [0, 0.05) is 31.3 Å². The van der Waals surface area contributed by atoms with Gasteiger partial charge in [-0.1, -0.05) is 13.8 Å². The van der Waals surface area contributed by atoms with Gasteiger partial charge in [0.05, 0.1) is 20.5 Å². The highest BCUT2D eigenvalue weighted by molar-refractivity contribution is 7.88. The zero-order valence-electron chi connectivity index (χ0n) is 15.5. The van der Waals surface area contributed by atoms with Crippen molar-refractivity contribution in [2.75, 3.05) is 38.9 Å². The third kappa shape index (κ3) is 7.31. The molecule has 0 bridgehead atoms. The van der Waals surface area contributed by atoms with Crippen molar-refractivity contribution in [2.45, 2.75) is 26.7 Å². The number of hydrogen-bond acceptors (Lipinski definition) is 5. The number of amides is 1. The van der Waals surface area contributed by atoms with Crippen LogP contribution in [0.1, 0.15) is 26.7 Å². The van der Waals surface area contributed by atoms with Gasteiger partial charge >= 0.3 is 0 Å². The molecule has 0 aromatic heterocycles. The first-order valence-electron chi connectivity index (χ1n) is 8.14. The molecule has 0 aliphatic rings. The molecule has 1 aromatic rings. The Bertz CT molecular complexity index is 674. The lowest BCUT2D eigenvalue weighted by atomic mass is 10.1. The van der Waals surface area contributed by atoms with Crippen LogP contribution in [-0.4, -0.2) is 52.2 Å². The van der Waals surface area contributed by atoms with Crippen molar-refractivity contribution in [3.63, 3.8) is 0 Å². The maximum atomic E-state index is 12.1. The van der Waals surface area contributed by atoms with Crippen LogP contribution in [-0.2, 0) is 14.8 Å². The molecule has 0 heterocycles. The Morgan fingerprint density at radius 1 is 1.16 bits per heavy atom. The predicted molar refractivity (Wildman–Crippen MR) is 98.7 cm³/mol. The average Bonchev–Trinajstić information content (AvgIpc) is 2.53. The summed E-state index contributed by atoms with van der Waals surface area (Å²) < 4.78 is 35.4. The van der Waals surface area contributed by atoms with Gasteiger partial charge in [-0.2, -0.15) is 0 Å². The van der Waals surface area contributed by atoms with Gasteiger partial charge in [0.15, 0.2) is 11.5 Å². The Labute approximate surface area is 150 Å². The Hall–Kier alpha value is -1.80. The molecule has 0 saturated carbocycles. The number of sulfonamides is 1. The monoisotopic (exact) mass is 372 g/mol. The van der Waals surface area contributed by atoms with Gasteiger partial charge < -0.3 is 14.8 Å². The van der Waals surface area contributed by atoms with Crippen LogP contribution in [0.4, 0.5) is 5.69 Å². The highest BCUT2D eigenvalue weighted by Gasteiger charge is 2.18. The van der Waals surface area contributed by atoms with Crippen molar-refractivity contribution in [3.05, 3.63) is 18.2 Å². The van der Waals surface area contributed by atoms with Crippen molar-refractivity contribution >= 4 is 21.6 Å². The number of ether oxygens (including phenoxy) is 2. The predicted octanol–water partition coefficient (Wildman–Crippen LogP) is 2.34. The van der Waals surface area contributed by atoms with Gasteiger partial charge in [-0.15, -0.1) is 0 Å². The van der Waals surface area contributed by atoms with Crippen LogP contribution in [0.2, 0.25) is 0 Å². The van der Waals surface area contributed by atoms with Crippen LogP contribution in [0.25, 0.3) is 0 Å². The molecule has 7 nitrogen and oxygen atoms in total. The number of carbonyl (C=O) groups is 1. The summed E-state index contributed by atoms with van der Waals surface area (Å²) in [5.74, 6) is 1.21. The van der Waals surface area contributed by atoms with Crippen LogP contribution >= 0.6 is 0 Å². The van der Waals surface area contributed by atoms with E-state index in [2.05, 4.69) is 5.32 Å². The van der Waals surface area contributed by atoms with Gasteiger partial charge in [0.1, 0.15) is 0 Å². The molecule has 0 fully saturated rings. The molecule has 25 heavy (non-hydrogen) atoms. The summed E-state index contributed by atoms with van der Waals surface area (Å²) in [6.45, 7) is 4.64.